The lowest BCUT2D eigenvalue weighted by molar-refractivity contribution is 0.375. The lowest BCUT2D eigenvalue weighted by atomic mass is 10.0. The highest BCUT2D eigenvalue weighted by Crippen LogP contribution is 2.23. The van der Waals surface area contributed by atoms with Gasteiger partial charge < -0.3 is 5.32 Å². The second-order valence-corrected chi connectivity index (χ2v) is 9.65. The van der Waals surface area contributed by atoms with Crippen LogP contribution in [0.25, 0.3) is 0 Å². The molecule has 1 aromatic rings. The van der Waals surface area contributed by atoms with Gasteiger partial charge in [0.2, 0.25) is 20.0 Å². The Labute approximate surface area is 150 Å². The highest BCUT2D eigenvalue weighted by molar-refractivity contribution is 7.92. The Morgan fingerprint density at radius 3 is 2.33 bits per heavy atom. The average molecular weight is 398 g/mol. The number of hydrogen-bond acceptors (Lipinski definition) is 5. The number of benzene rings is 1. The van der Waals surface area contributed by atoms with Crippen molar-refractivity contribution in [1.82, 2.24) is 14.3 Å². The minimum atomic E-state index is -3.89. The van der Waals surface area contributed by atoms with Gasteiger partial charge in [0.15, 0.2) is 0 Å². The molecule has 0 radical (unpaired) electrons. The molecule has 1 aromatic carbocycles. The van der Waals surface area contributed by atoms with Gasteiger partial charge in [0, 0.05) is 20.6 Å². The van der Waals surface area contributed by atoms with Crippen molar-refractivity contribution in [3.05, 3.63) is 24.3 Å². The Hall–Kier alpha value is -0.710. The first-order valence-electron chi connectivity index (χ1n) is 7.47. The highest BCUT2D eigenvalue weighted by Gasteiger charge is 2.28. The largest absolute Gasteiger partial charge is 0.316 e. The summed E-state index contributed by atoms with van der Waals surface area (Å²) in [5, 5.41) is 3.22. The molecule has 1 aliphatic rings. The van der Waals surface area contributed by atoms with Crippen LogP contribution in [0, 0.1) is 5.92 Å². The first kappa shape index (κ1) is 21.3. The van der Waals surface area contributed by atoms with Crippen LogP contribution in [0.5, 0.6) is 0 Å². The molecule has 0 bridgehead atoms. The van der Waals surface area contributed by atoms with Gasteiger partial charge in [-0.3, -0.25) is 0 Å². The minimum Gasteiger partial charge on any atom is -0.316 e. The fraction of sp³-hybridized carbons (Fsp3) is 0.571. The van der Waals surface area contributed by atoms with Gasteiger partial charge in [-0.2, -0.15) is 0 Å². The van der Waals surface area contributed by atoms with Crippen molar-refractivity contribution in [3.8, 4) is 0 Å². The van der Waals surface area contributed by atoms with Crippen molar-refractivity contribution in [1.29, 1.82) is 0 Å². The van der Waals surface area contributed by atoms with E-state index in [9.17, 15) is 16.8 Å². The van der Waals surface area contributed by atoms with E-state index in [-0.39, 0.29) is 28.1 Å². The second-order valence-electron chi connectivity index (χ2n) is 5.80. The molecule has 1 saturated heterocycles. The van der Waals surface area contributed by atoms with Crippen molar-refractivity contribution in [3.63, 3.8) is 0 Å². The number of hydrogen-bond donors (Lipinski definition) is 2. The van der Waals surface area contributed by atoms with E-state index in [2.05, 4.69) is 10.0 Å². The van der Waals surface area contributed by atoms with Crippen LogP contribution in [-0.2, 0) is 20.0 Å². The van der Waals surface area contributed by atoms with Gasteiger partial charge in [0.1, 0.15) is 9.79 Å². The first-order valence-corrected chi connectivity index (χ1v) is 10.4. The maximum atomic E-state index is 12.6. The third-order valence-corrected chi connectivity index (χ3v) is 7.34. The van der Waals surface area contributed by atoms with Gasteiger partial charge in [-0.05, 0) is 44.0 Å². The van der Waals surface area contributed by atoms with Gasteiger partial charge in [-0.25, -0.2) is 25.9 Å². The van der Waals surface area contributed by atoms with Gasteiger partial charge in [0.05, 0.1) is 0 Å². The van der Waals surface area contributed by atoms with Crippen LogP contribution in [0.15, 0.2) is 34.1 Å². The number of halogens is 1. The normalized spacial score (nSPS) is 19.0. The van der Waals surface area contributed by atoms with Gasteiger partial charge in [0.25, 0.3) is 0 Å². The molecular weight excluding hydrogens is 374 g/mol. The van der Waals surface area contributed by atoms with Crippen molar-refractivity contribution < 1.29 is 16.8 Å². The monoisotopic (exact) mass is 397 g/mol. The van der Waals surface area contributed by atoms with Crippen LogP contribution in [0.4, 0.5) is 0 Å². The smallest absolute Gasteiger partial charge is 0.243 e. The van der Waals surface area contributed by atoms with E-state index >= 15 is 0 Å². The summed E-state index contributed by atoms with van der Waals surface area (Å²) in [4.78, 5) is -0.420. The number of nitrogens with zero attached hydrogens (tertiary/aromatic N) is 1. The van der Waals surface area contributed by atoms with E-state index < -0.39 is 20.0 Å². The predicted molar refractivity (Wildman–Crippen MR) is 95.3 cm³/mol. The molecular formula is C14H24ClN3O4S2. The molecule has 1 unspecified atom stereocenters. The molecule has 1 fully saturated rings. The molecule has 2 N–H and O–H groups in total. The van der Waals surface area contributed by atoms with Crippen molar-refractivity contribution >= 4 is 32.5 Å². The molecule has 10 heteroatoms. The lowest BCUT2D eigenvalue weighted by Crippen LogP contribution is -2.38. The van der Waals surface area contributed by atoms with E-state index in [0.29, 0.717) is 6.54 Å². The molecule has 24 heavy (non-hydrogen) atoms. The number of piperidine rings is 1. The van der Waals surface area contributed by atoms with Crippen LogP contribution >= 0.6 is 12.4 Å². The maximum absolute atomic E-state index is 12.6. The summed E-state index contributed by atoms with van der Waals surface area (Å²) in [7, 11) is -4.97. The Kier molecular flexibility index (Phi) is 7.64. The quantitative estimate of drug-likeness (QED) is 0.734. The molecule has 0 aromatic heterocycles. The predicted octanol–water partition coefficient (Wildman–Crippen LogP) is 0.637. The molecule has 0 amide bonds. The molecule has 2 rings (SSSR count). The van der Waals surface area contributed by atoms with E-state index in [1.165, 1.54) is 38.4 Å². The molecule has 138 valence electrons. The van der Waals surface area contributed by atoms with Crippen LogP contribution in [0.3, 0.4) is 0 Å². The Bertz CT molecular complexity index is 745. The van der Waals surface area contributed by atoms with Crippen molar-refractivity contribution in [2.24, 2.45) is 5.92 Å². The molecule has 0 aliphatic carbocycles. The van der Waals surface area contributed by atoms with Crippen molar-refractivity contribution in [2.45, 2.75) is 22.6 Å². The molecule has 1 aliphatic heterocycles. The standard InChI is InChI=1S/C14H23N3O4S2.ClH/c1-17(2)23(20,21)14-8-4-3-7-13(14)22(18,19)16-11-12-6-5-9-15-10-12;/h3-4,7-8,12,15-16H,5-6,9-11H2,1-2H3;1H. The molecule has 0 saturated carbocycles. The average Bonchev–Trinajstić information content (AvgIpc) is 2.54. The van der Waals surface area contributed by atoms with Crippen molar-refractivity contribution in [2.75, 3.05) is 33.7 Å². The third-order valence-electron chi connectivity index (χ3n) is 3.86. The van der Waals surface area contributed by atoms with Crippen LogP contribution in [0.1, 0.15) is 12.8 Å². The van der Waals surface area contributed by atoms with E-state index in [4.69, 9.17) is 0 Å². The van der Waals surface area contributed by atoms with E-state index in [0.717, 1.165) is 30.2 Å². The summed E-state index contributed by atoms with van der Waals surface area (Å²) >= 11 is 0. The summed E-state index contributed by atoms with van der Waals surface area (Å²) < 4.78 is 53.3. The molecule has 7 nitrogen and oxygen atoms in total. The van der Waals surface area contributed by atoms with Gasteiger partial charge >= 0.3 is 0 Å². The third kappa shape index (κ3) is 4.90. The maximum Gasteiger partial charge on any atom is 0.243 e. The summed E-state index contributed by atoms with van der Waals surface area (Å²) in [6.07, 6.45) is 1.96. The molecule has 1 heterocycles. The highest BCUT2D eigenvalue weighted by atomic mass is 35.5. The lowest BCUT2D eigenvalue weighted by Gasteiger charge is -2.23. The SMILES string of the molecule is CN(C)S(=O)(=O)c1ccccc1S(=O)(=O)NCC1CCCNC1.Cl. The minimum absolute atomic E-state index is 0. The summed E-state index contributed by atoms with van der Waals surface area (Å²) in [6.45, 7) is 2.01. The van der Waals surface area contributed by atoms with Crippen LogP contribution in [0.2, 0.25) is 0 Å². The topological polar surface area (TPSA) is 95.6 Å². The number of nitrogens with one attached hydrogen (secondary N) is 2. The van der Waals surface area contributed by atoms with Crippen LogP contribution in [-0.4, -0.2) is 54.9 Å². The zero-order valence-corrected chi connectivity index (χ0v) is 16.2. The summed E-state index contributed by atoms with van der Waals surface area (Å²) in [6, 6.07) is 5.66. The second kappa shape index (κ2) is 8.59. The summed E-state index contributed by atoms with van der Waals surface area (Å²) in [5.41, 5.74) is 0. The number of rotatable bonds is 6. The van der Waals surface area contributed by atoms with Gasteiger partial charge in [-0.15, -0.1) is 12.4 Å². The van der Waals surface area contributed by atoms with E-state index in [1.54, 1.807) is 0 Å². The molecule has 1 atom stereocenters. The Morgan fingerprint density at radius 1 is 1.17 bits per heavy atom. The number of sulfonamides is 2. The summed E-state index contributed by atoms with van der Waals surface area (Å²) in [5.74, 6) is 0.219. The first-order chi connectivity index (χ1) is 10.7. The van der Waals surface area contributed by atoms with Gasteiger partial charge in [-0.1, -0.05) is 12.1 Å². The van der Waals surface area contributed by atoms with E-state index in [1.807, 2.05) is 0 Å². The Balaban J connectivity index is 0.00000288. The molecule has 0 spiro atoms. The van der Waals surface area contributed by atoms with Crippen LogP contribution < -0.4 is 10.0 Å². The zero-order valence-electron chi connectivity index (χ0n) is 13.7. The zero-order chi connectivity index (χ0) is 17.1. The Morgan fingerprint density at radius 2 is 1.79 bits per heavy atom. The fourth-order valence-electron chi connectivity index (χ4n) is 2.49. The fourth-order valence-corrected chi connectivity index (χ4v) is 5.30.